The zero-order chi connectivity index (χ0) is 30.2. The molecule has 0 aliphatic heterocycles. The Morgan fingerprint density at radius 3 is 1.15 bits per heavy atom. The summed E-state index contributed by atoms with van der Waals surface area (Å²) in [4.78, 5) is 34.9. The molecule has 3 atom stereocenters. The standard InChI is InChI=1S/C33H61NO6/c1-5-6-7-8-9-10-11-12-13-14-15-16-17-18-19-20-21-22-23-24-34(25-28(2)31(35)36,26-29(3)32(37)38)27-30(4)33(39)40/h9-10,28-30H,5-8,11-27H2,1-4H3,(H2-,35,36,37,38,39,40)/p+1/b10-9+. The zero-order valence-electron chi connectivity index (χ0n) is 26.2. The molecule has 0 saturated heterocycles. The molecular formula is C33H62NO6+. The molecule has 3 N–H and O–H groups in total. The van der Waals surface area contributed by atoms with Crippen molar-refractivity contribution in [3.8, 4) is 0 Å². The number of unbranched alkanes of at least 4 members (excludes halogenated alkanes) is 15. The fourth-order valence-corrected chi connectivity index (χ4v) is 5.70. The molecule has 0 radical (unpaired) electrons. The van der Waals surface area contributed by atoms with Gasteiger partial charge in [0.1, 0.15) is 17.8 Å². The molecule has 0 aliphatic carbocycles. The summed E-state index contributed by atoms with van der Waals surface area (Å²) in [5, 5.41) is 28.6. The topological polar surface area (TPSA) is 112 Å². The third kappa shape index (κ3) is 20.1. The van der Waals surface area contributed by atoms with Crippen LogP contribution in [0.2, 0.25) is 0 Å². The summed E-state index contributed by atoms with van der Waals surface area (Å²) in [5.41, 5.74) is 0. The summed E-state index contributed by atoms with van der Waals surface area (Å²) in [6.07, 6.45) is 25.7. The highest BCUT2D eigenvalue weighted by molar-refractivity contribution is 5.70. The van der Waals surface area contributed by atoms with Crippen LogP contribution in [0.5, 0.6) is 0 Å². The van der Waals surface area contributed by atoms with Crippen molar-refractivity contribution in [2.75, 3.05) is 26.2 Å². The summed E-state index contributed by atoms with van der Waals surface area (Å²) in [5.74, 6) is -4.80. The van der Waals surface area contributed by atoms with Crippen molar-refractivity contribution in [3.63, 3.8) is 0 Å². The van der Waals surface area contributed by atoms with Gasteiger partial charge in [-0.05, 0) is 59.3 Å². The molecular weight excluding hydrogens is 506 g/mol. The maximum absolute atomic E-state index is 11.6. The molecule has 0 heterocycles. The molecule has 0 aromatic carbocycles. The highest BCUT2D eigenvalue weighted by Crippen LogP contribution is 2.22. The SMILES string of the molecule is CCCCC/C=C/CCCCCCCCCCCCCC[N+](CC(C)C(=O)O)(CC(C)C(=O)O)CC(C)C(=O)O. The second-order valence-electron chi connectivity index (χ2n) is 12.3. The first-order chi connectivity index (χ1) is 19.0. The van der Waals surface area contributed by atoms with Crippen molar-refractivity contribution in [2.45, 2.75) is 137 Å². The maximum atomic E-state index is 11.6. The van der Waals surface area contributed by atoms with Crippen molar-refractivity contribution < 1.29 is 34.2 Å². The molecule has 0 spiro atoms. The van der Waals surface area contributed by atoms with Crippen LogP contribution in [-0.4, -0.2) is 63.9 Å². The monoisotopic (exact) mass is 568 g/mol. The predicted octanol–water partition coefficient (Wildman–Crippen LogP) is 8.17. The second kappa shape index (κ2) is 23.8. The summed E-state index contributed by atoms with van der Waals surface area (Å²) in [7, 11) is 0. The van der Waals surface area contributed by atoms with Crippen LogP contribution in [0.4, 0.5) is 0 Å². The van der Waals surface area contributed by atoms with Crippen LogP contribution in [-0.2, 0) is 14.4 Å². The Balaban J connectivity index is 4.30. The molecule has 0 fully saturated rings. The lowest BCUT2D eigenvalue weighted by molar-refractivity contribution is -0.934. The van der Waals surface area contributed by atoms with Gasteiger partial charge in [-0.1, -0.05) is 89.7 Å². The predicted molar refractivity (Wildman–Crippen MR) is 163 cm³/mol. The van der Waals surface area contributed by atoms with Gasteiger partial charge in [0.05, 0.1) is 26.2 Å². The zero-order valence-corrected chi connectivity index (χ0v) is 26.2. The fraction of sp³-hybridized carbons (Fsp3) is 0.848. The van der Waals surface area contributed by atoms with Gasteiger partial charge in [0.25, 0.3) is 0 Å². The van der Waals surface area contributed by atoms with Gasteiger partial charge in [0.2, 0.25) is 0 Å². The number of carboxylic acid groups (broad SMARTS) is 3. The van der Waals surface area contributed by atoms with Gasteiger partial charge in [-0.3, -0.25) is 14.4 Å². The molecule has 0 rings (SSSR count). The van der Waals surface area contributed by atoms with Crippen LogP contribution < -0.4 is 0 Å². The minimum atomic E-state index is -0.932. The minimum Gasteiger partial charge on any atom is -0.481 e. The molecule has 0 saturated carbocycles. The Morgan fingerprint density at radius 2 is 0.825 bits per heavy atom. The number of allylic oxidation sites excluding steroid dienone is 2. The van der Waals surface area contributed by atoms with Gasteiger partial charge < -0.3 is 19.8 Å². The van der Waals surface area contributed by atoms with E-state index in [9.17, 15) is 29.7 Å². The molecule has 0 bridgehead atoms. The van der Waals surface area contributed by atoms with E-state index < -0.39 is 35.7 Å². The molecule has 234 valence electrons. The Labute approximate surface area is 245 Å². The average Bonchev–Trinajstić information content (AvgIpc) is 2.89. The minimum absolute atomic E-state index is 0.226. The van der Waals surface area contributed by atoms with E-state index in [-0.39, 0.29) is 24.1 Å². The van der Waals surface area contributed by atoms with Crippen LogP contribution in [0.25, 0.3) is 0 Å². The van der Waals surface area contributed by atoms with E-state index in [2.05, 4.69) is 19.1 Å². The molecule has 0 amide bonds. The molecule has 0 aromatic heterocycles. The van der Waals surface area contributed by atoms with Crippen molar-refractivity contribution in [2.24, 2.45) is 17.8 Å². The van der Waals surface area contributed by atoms with Gasteiger partial charge in [0, 0.05) is 0 Å². The highest BCUT2D eigenvalue weighted by atomic mass is 16.4. The Morgan fingerprint density at radius 1 is 0.525 bits per heavy atom. The van der Waals surface area contributed by atoms with Gasteiger partial charge in [-0.15, -0.1) is 0 Å². The van der Waals surface area contributed by atoms with E-state index in [0.29, 0.717) is 6.54 Å². The quantitative estimate of drug-likeness (QED) is 0.0498. The first-order valence-corrected chi connectivity index (χ1v) is 16.2. The first-order valence-electron chi connectivity index (χ1n) is 16.2. The molecule has 40 heavy (non-hydrogen) atoms. The number of carbonyl (C=O) groups is 3. The van der Waals surface area contributed by atoms with Gasteiger partial charge in [-0.25, -0.2) is 0 Å². The first kappa shape index (κ1) is 38.1. The van der Waals surface area contributed by atoms with Crippen LogP contribution in [0.15, 0.2) is 12.2 Å². The van der Waals surface area contributed by atoms with Crippen molar-refractivity contribution >= 4 is 17.9 Å². The summed E-state index contributed by atoms with van der Waals surface area (Å²) in [6, 6.07) is 0. The Hall–Kier alpha value is -1.89. The van der Waals surface area contributed by atoms with Gasteiger partial charge >= 0.3 is 17.9 Å². The van der Waals surface area contributed by atoms with Crippen LogP contribution in [0.1, 0.15) is 137 Å². The number of rotatable bonds is 28. The highest BCUT2D eigenvalue weighted by Gasteiger charge is 2.38. The largest absolute Gasteiger partial charge is 0.481 e. The van der Waals surface area contributed by atoms with Crippen LogP contribution >= 0.6 is 0 Å². The summed E-state index contributed by atoms with van der Waals surface area (Å²) in [6.45, 7) is 8.48. The lowest BCUT2D eigenvalue weighted by Crippen LogP contribution is -2.57. The molecule has 7 nitrogen and oxygen atoms in total. The van der Waals surface area contributed by atoms with E-state index in [1.54, 1.807) is 20.8 Å². The number of hydrogen-bond acceptors (Lipinski definition) is 3. The third-order valence-electron chi connectivity index (χ3n) is 8.14. The van der Waals surface area contributed by atoms with Crippen molar-refractivity contribution in [3.05, 3.63) is 12.2 Å². The van der Waals surface area contributed by atoms with E-state index in [4.69, 9.17) is 0 Å². The number of nitrogens with zero attached hydrogens (tertiary/aromatic N) is 1. The normalized spacial score (nSPS) is 15.5. The fourth-order valence-electron chi connectivity index (χ4n) is 5.70. The number of aliphatic carboxylic acids is 3. The summed E-state index contributed by atoms with van der Waals surface area (Å²) >= 11 is 0. The van der Waals surface area contributed by atoms with Crippen LogP contribution in [0, 0.1) is 17.8 Å². The van der Waals surface area contributed by atoms with Gasteiger partial charge in [0.15, 0.2) is 0 Å². The average molecular weight is 569 g/mol. The number of quaternary nitrogens is 1. The second-order valence-corrected chi connectivity index (χ2v) is 12.3. The van der Waals surface area contributed by atoms with Gasteiger partial charge in [-0.2, -0.15) is 0 Å². The Kier molecular flexibility index (Phi) is 22.7. The lowest BCUT2D eigenvalue weighted by Gasteiger charge is -2.42. The molecule has 0 aliphatic rings. The van der Waals surface area contributed by atoms with E-state index in [1.807, 2.05) is 0 Å². The Bertz CT molecular complexity index is 652. The molecule has 7 heteroatoms. The number of hydrogen-bond donors (Lipinski definition) is 3. The van der Waals surface area contributed by atoms with Crippen molar-refractivity contribution in [1.29, 1.82) is 0 Å². The summed E-state index contributed by atoms with van der Waals surface area (Å²) < 4.78 is 0.226. The smallest absolute Gasteiger partial charge is 0.311 e. The van der Waals surface area contributed by atoms with Crippen LogP contribution in [0.3, 0.4) is 0 Å². The van der Waals surface area contributed by atoms with E-state index in [0.717, 1.165) is 19.3 Å². The van der Waals surface area contributed by atoms with Crippen molar-refractivity contribution in [1.82, 2.24) is 0 Å². The third-order valence-corrected chi connectivity index (χ3v) is 8.14. The maximum Gasteiger partial charge on any atom is 0.311 e. The number of carboxylic acids is 3. The van der Waals surface area contributed by atoms with E-state index >= 15 is 0 Å². The van der Waals surface area contributed by atoms with E-state index in [1.165, 1.54) is 89.9 Å². The lowest BCUT2D eigenvalue weighted by atomic mass is 10.00. The molecule has 3 unspecified atom stereocenters. The molecule has 0 aromatic rings.